The topological polar surface area (TPSA) is 26.0 Å². The van der Waals surface area contributed by atoms with Crippen LogP contribution >= 0.6 is 0 Å². The molecule has 3 rings (SSSR count). The van der Waals surface area contributed by atoms with Gasteiger partial charge in [0.2, 0.25) is 0 Å². The first-order chi connectivity index (χ1) is 7.86. The smallest absolute Gasteiger partial charge is 0.138 e. The van der Waals surface area contributed by atoms with Crippen molar-refractivity contribution >= 4 is 10.8 Å². The number of hydrogen-bond donors (Lipinski definition) is 0. The standard InChI is InChI=1S/C14H11NO/c1-10-6-7-16-14(10)13-9-15-8-11-4-2-3-5-12(11)13/h2-9H,1H3. The number of furan rings is 1. The van der Waals surface area contributed by atoms with Crippen LogP contribution in [0.25, 0.3) is 22.1 Å². The van der Waals surface area contributed by atoms with E-state index in [1.54, 1.807) is 6.26 Å². The Balaban J connectivity index is 2.36. The van der Waals surface area contributed by atoms with Gasteiger partial charge in [0.05, 0.1) is 6.26 Å². The molecule has 0 saturated carbocycles. The van der Waals surface area contributed by atoms with E-state index in [0.717, 1.165) is 22.3 Å². The minimum atomic E-state index is 0.907. The molecule has 0 amide bonds. The number of nitrogens with zero attached hydrogens (tertiary/aromatic N) is 1. The van der Waals surface area contributed by atoms with E-state index in [1.807, 2.05) is 37.5 Å². The summed E-state index contributed by atoms with van der Waals surface area (Å²) < 4.78 is 5.52. The minimum Gasteiger partial charge on any atom is -0.464 e. The molecule has 0 atom stereocenters. The summed E-state index contributed by atoms with van der Waals surface area (Å²) in [7, 11) is 0. The zero-order chi connectivity index (χ0) is 11.0. The predicted octanol–water partition coefficient (Wildman–Crippen LogP) is 3.80. The maximum atomic E-state index is 5.52. The number of pyridine rings is 1. The molecule has 0 saturated heterocycles. The molecule has 0 aliphatic rings. The summed E-state index contributed by atoms with van der Waals surface area (Å²) in [5, 5.41) is 2.31. The van der Waals surface area contributed by atoms with Crippen molar-refractivity contribution < 1.29 is 4.42 Å². The highest BCUT2D eigenvalue weighted by atomic mass is 16.3. The average molecular weight is 209 g/mol. The molecule has 0 radical (unpaired) electrons. The molecule has 0 bridgehead atoms. The van der Waals surface area contributed by atoms with Gasteiger partial charge in [-0.15, -0.1) is 0 Å². The zero-order valence-electron chi connectivity index (χ0n) is 8.97. The monoisotopic (exact) mass is 209 g/mol. The highest BCUT2D eigenvalue weighted by Gasteiger charge is 2.09. The van der Waals surface area contributed by atoms with Crippen molar-refractivity contribution in [1.29, 1.82) is 0 Å². The second kappa shape index (κ2) is 3.49. The van der Waals surface area contributed by atoms with Gasteiger partial charge in [0.25, 0.3) is 0 Å². The van der Waals surface area contributed by atoms with Crippen LogP contribution in [0.2, 0.25) is 0 Å². The zero-order valence-corrected chi connectivity index (χ0v) is 8.97. The summed E-state index contributed by atoms with van der Waals surface area (Å²) in [5.41, 5.74) is 2.19. The molecule has 0 unspecified atom stereocenters. The Morgan fingerprint density at radius 3 is 2.75 bits per heavy atom. The Bertz CT molecular complexity index is 635. The molecule has 2 heteroatoms. The number of rotatable bonds is 1. The second-order valence-corrected chi connectivity index (χ2v) is 3.84. The lowest BCUT2D eigenvalue weighted by Crippen LogP contribution is -1.83. The third kappa shape index (κ3) is 1.31. The van der Waals surface area contributed by atoms with E-state index < -0.39 is 0 Å². The molecule has 2 nitrogen and oxygen atoms in total. The van der Waals surface area contributed by atoms with Gasteiger partial charge in [-0.25, -0.2) is 0 Å². The summed E-state index contributed by atoms with van der Waals surface area (Å²) in [6, 6.07) is 10.2. The summed E-state index contributed by atoms with van der Waals surface area (Å²) in [6.45, 7) is 2.04. The lowest BCUT2D eigenvalue weighted by molar-refractivity contribution is 0.581. The van der Waals surface area contributed by atoms with E-state index in [-0.39, 0.29) is 0 Å². The first kappa shape index (κ1) is 9.16. The Morgan fingerprint density at radius 1 is 1.06 bits per heavy atom. The van der Waals surface area contributed by atoms with Crippen molar-refractivity contribution in [1.82, 2.24) is 4.98 Å². The van der Waals surface area contributed by atoms with Crippen LogP contribution in [0.5, 0.6) is 0 Å². The summed E-state index contributed by atoms with van der Waals surface area (Å²) in [6.07, 6.45) is 5.44. The molecule has 78 valence electrons. The van der Waals surface area contributed by atoms with Crippen LogP contribution in [-0.4, -0.2) is 4.98 Å². The maximum absolute atomic E-state index is 5.52. The van der Waals surface area contributed by atoms with Gasteiger partial charge >= 0.3 is 0 Å². The van der Waals surface area contributed by atoms with Crippen LogP contribution < -0.4 is 0 Å². The predicted molar refractivity (Wildman–Crippen MR) is 64.2 cm³/mol. The lowest BCUT2D eigenvalue weighted by atomic mass is 10.0. The minimum absolute atomic E-state index is 0.907. The van der Waals surface area contributed by atoms with E-state index in [1.165, 1.54) is 5.39 Å². The van der Waals surface area contributed by atoms with E-state index in [2.05, 4.69) is 17.1 Å². The van der Waals surface area contributed by atoms with Gasteiger partial charge in [-0.3, -0.25) is 4.98 Å². The van der Waals surface area contributed by atoms with E-state index >= 15 is 0 Å². The highest BCUT2D eigenvalue weighted by Crippen LogP contribution is 2.30. The average Bonchev–Trinajstić information content (AvgIpc) is 2.75. The molecular formula is C14H11NO. The lowest BCUT2D eigenvalue weighted by Gasteiger charge is -2.03. The number of aryl methyl sites for hydroxylation is 1. The van der Waals surface area contributed by atoms with Crippen LogP contribution in [0.3, 0.4) is 0 Å². The van der Waals surface area contributed by atoms with Crippen LogP contribution in [0, 0.1) is 6.92 Å². The van der Waals surface area contributed by atoms with Crippen molar-refractivity contribution in [2.45, 2.75) is 6.92 Å². The van der Waals surface area contributed by atoms with Crippen molar-refractivity contribution in [2.24, 2.45) is 0 Å². The summed E-state index contributed by atoms with van der Waals surface area (Å²) >= 11 is 0. The Kier molecular flexibility index (Phi) is 2.00. The third-order valence-corrected chi connectivity index (χ3v) is 2.77. The molecule has 2 aromatic heterocycles. The molecule has 0 spiro atoms. The van der Waals surface area contributed by atoms with Crippen molar-refractivity contribution in [3.8, 4) is 11.3 Å². The normalized spacial score (nSPS) is 10.8. The molecular weight excluding hydrogens is 198 g/mol. The van der Waals surface area contributed by atoms with Gasteiger partial charge in [-0.05, 0) is 23.9 Å². The van der Waals surface area contributed by atoms with E-state index in [4.69, 9.17) is 4.42 Å². The Labute approximate surface area is 93.5 Å². The van der Waals surface area contributed by atoms with E-state index in [0.29, 0.717) is 0 Å². The van der Waals surface area contributed by atoms with Gasteiger partial charge in [-0.1, -0.05) is 24.3 Å². The summed E-state index contributed by atoms with van der Waals surface area (Å²) in [4.78, 5) is 4.25. The van der Waals surface area contributed by atoms with Gasteiger partial charge in [-0.2, -0.15) is 0 Å². The Hall–Kier alpha value is -2.09. The van der Waals surface area contributed by atoms with Crippen molar-refractivity contribution in [3.05, 3.63) is 54.6 Å². The second-order valence-electron chi connectivity index (χ2n) is 3.84. The summed E-state index contributed by atoms with van der Waals surface area (Å²) in [5.74, 6) is 0.907. The fourth-order valence-corrected chi connectivity index (χ4v) is 1.95. The maximum Gasteiger partial charge on any atom is 0.138 e. The molecule has 0 N–H and O–H groups in total. The number of fused-ring (bicyclic) bond motifs is 1. The van der Waals surface area contributed by atoms with Gasteiger partial charge < -0.3 is 4.42 Å². The van der Waals surface area contributed by atoms with Crippen LogP contribution in [-0.2, 0) is 0 Å². The third-order valence-electron chi connectivity index (χ3n) is 2.77. The molecule has 3 aromatic rings. The molecule has 0 aliphatic heterocycles. The first-order valence-electron chi connectivity index (χ1n) is 5.23. The SMILES string of the molecule is Cc1ccoc1-c1cncc2ccccc12. The number of benzene rings is 1. The first-order valence-corrected chi connectivity index (χ1v) is 5.23. The van der Waals surface area contributed by atoms with Gasteiger partial charge in [0, 0.05) is 23.3 Å². The number of hydrogen-bond acceptors (Lipinski definition) is 2. The molecule has 0 aliphatic carbocycles. The van der Waals surface area contributed by atoms with Gasteiger partial charge in [0.1, 0.15) is 5.76 Å². The van der Waals surface area contributed by atoms with Crippen LogP contribution in [0.15, 0.2) is 53.4 Å². The molecule has 16 heavy (non-hydrogen) atoms. The van der Waals surface area contributed by atoms with Crippen molar-refractivity contribution in [3.63, 3.8) is 0 Å². The highest BCUT2D eigenvalue weighted by molar-refractivity contribution is 5.94. The van der Waals surface area contributed by atoms with Crippen molar-refractivity contribution in [2.75, 3.05) is 0 Å². The fraction of sp³-hybridized carbons (Fsp3) is 0.0714. The molecule has 0 fully saturated rings. The molecule has 1 aromatic carbocycles. The van der Waals surface area contributed by atoms with Crippen LogP contribution in [0.4, 0.5) is 0 Å². The van der Waals surface area contributed by atoms with Gasteiger partial charge in [0.15, 0.2) is 0 Å². The fourth-order valence-electron chi connectivity index (χ4n) is 1.95. The molecule has 2 heterocycles. The quantitative estimate of drug-likeness (QED) is 0.609. The Morgan fingerprint density at radius 2 is 1.94 bits per heavy atom. The van der Waals surface area contributed by atoms with E-state index in [9.17, 15) is 0 Å². The van der Waals surface area contributed by atoms with Crippen LogP contribution in [0.1, 0.15) is 5.56 Å². The largest absolute Gasteiger partial charge is 0.464 e. The number of aromatic nitrogens is 1.